The van der Waals surface area contributed by atoms with E-state index in [1.807, 2.05) is 12.1 Å². The summed E-state index contributed by atoms with van der Waals surface area (Å²) in [5.74, 6) is 0. The molecule has 2 aromatic rings. The monoisotopic (exact) mass is 369 g/mol. The van der Waals surface area contributed by atoms with Crippen molar-refractivity contribution in [3.8, 4) is 0 Å². The number of para-hydroxylation sites is 1. The van der Waals surface area contributed by atoms with Gasteiger partial charge in [-0.15, -0.1) is 0 Å². The van der Waals surface area contributed by atoms with Crippen molar-refractivity contribution in [2.24, 2.45) is 7.05 Å². The lowest BCUT2D eigenvalue weighted by Crippen LogP contribution is -2.35. The summed E-state index contributed by atoms with van der Waals surface area (Å²) in [7, 11) is -2.76. The molecule has 0 amide bonds. The van der Waals surface area contributed by atoms with Gasteiger partial charge in [-0.3, -0.25) is 8.99 Å². The quantitative estimate of drug-likeness (QED) is 0.831. The Bertz CT molecular complexity index is 878. The van der Waals surface area contributed by atoms with Gasteiger partial charge in [-0.2, -0.15) is 13.5 Å². The summed E-state index contributed by atoms with van der Waals surface area (Å²) >= 11 is 0. The van der Waals surface area contributed by atoms with Gasteiger partial charge in [-0.1, -0.05) is 24.6 Å². The topological polar surface area (TPSA) is 55.2 Å². The van der Waals surface area contributed by atoms with Crippen molar-refractivity contribution in [2.45, 2.75) is 44.1 Å². The van der Waals surface area contributed by atoms with Crippen molar-refractivity contribution in [3.05, 3.63) is 41.1 Å². The van der Waals surface area contributed by atoms with Crippen LogP contribution in [0.1, 0.15) is 42.5 Å². The van der Waals surface area contributed by atoms with E-state index in [0.29, 0.717) is 12.1 Å². The van der Waals surface area contributed by atoms with E-state index < -0.39 is 27.0 Å². The number of nitrogens with zero attached hydrogens (tertiary/aromatic N) is 3. The highest BCUT2D eigenvalue weighted by molar-refractivity contribution is 7.92. The molecule has 0 radical (unpaired) electrons. The number of rotatable bonds is 3. The van der Waals surface area contributed by atoms with E-state index in [9.17, 15) is 17.2 Å². The van der Waals surface area contributed by atoms with E-state index in [0.717, 1.165) is 29.5 Å². The highest BCUT2D eigenvalue weighted by atomic mass is 32.2. The minimum atomic E-state index is -4.15. The first-order valence-corrected chi connectivity index (χ1v) is 9.70. The van der Waals surface area contributed by atoms with E-state index in [4.69, 9.17) is 0 Å². The molecule has 0 aliphatic carbocycles. The fourth-order valence-corrected chi connectivity index (χ4v) is 5.30. The normalized spacial score (nSPS) is 15.8. The van der Waals surface area contributed by atoms with E-state index in [2.05, 4.69) is 5.10 Å². The minimum Gasteiger partial charge on any atom is -0.265 e. The molecule has 2 heterocycles. The third-order valence-corrected chi connectivity index (χ3v) is 6.47. The van der Waals surface area contributed by atoms with Crippen LogP contribution in [-0.4, -0.2) is 24.7 Å². The second-order valence-electron chi connectivity index (χ2n) is 6.25. The molecule has 1 aromatic heterocycles. The van der Waals surface area contributed by atoms with Crippen LogP contribution in [0.25, 0.3) is 0 Å². The summed E-state index contributed by atoms with van der Waals surface area (Å²) in [5, 5.41) is 3.50. The lowest BCUT2D eigenvalue weighted by atomic mass is 10.0. The molecule has 3 rings (SSSR count). The Labute approximate surface area is 146 Å². The van der Waals surface area contributed by atoms with Crippen LogP contribution in [-0.2, 0) is 23.5 Å². The Hall–Kier alpha value is -1.96. The molecule has 0 fully saturated rings. The van der Waals surface area contributed by atoms with Gasteiger partial charge in [0.2, 0.25) is 0 Å². The fourth-order valence-electron chi connectivity index (χ4n) is 3.40. The molecule has 0 unspecified atom stereocenters. The highest BCUT2D eigenvalue weighted by Gasteiger charge is 2.36. The molecule has 0 N–H and O–H groups in total. The lowest BCUT2D eigenvalue weighted by Gasteiger charge is -2.28. The summed E-state index contributed by atoms with van der Waals surface area (Å²) in [6, 6.07) is 7.27. The first-order chi connectivity index (χ1) is 11.8. The van der Waals surface area contributed by atoms with Crippen LogP contribution < -0.4 is 4.31 Å². The zero-order chi connectivity index (χ0) is 18.2. The van der Waals surface area contributed by atoms with Crippen molar-refractivity contribution < 1.29 is 17.2 Å². The number of alkyl halides is 2. The molecule has 5 nitrogen and oxygen atoms in total. The van der Waals surface area contributed by atoms with Gasteiger partial charge in [0.1, 0.15) is 0 Å². The number of aromatic nitrogens is 2. The van der Waals surface area contributed by atoms with Crippen LogP contribution in [0.2, 0.25) is 0 Å². The number of sulfonamides is 1. The number of hydrogen-bond acceptors (Lipinski definition) is 3. The molecule has 0 spiro atoms. The van der Waals surface area contributed by atoms with Crippen LogP contribution in [0, 0.1) is 6.92 Å². The van der Waals surface area contributed by atoms with Crippen LogP contribution in [0.15, 0.2) is 29.3 Å². The maximum Gasteiger partial charge on any atom is 0.282 e. The molecular formula is C17H21F2N3O2S. The largest absolute Gasteiger partial charge is 0.282 e. The molecule has 8 heteroatoms. The zero-order valence-electron chi connectivity index (χ0n) is 14.2. The highest BCUT2D eigenvalue weighted by Crippen LogP contribution is 2.35. The van der Waals surface area contributed by atoms with E-state index >= 15 is 0 Å². The van der Waals surface area contributed by atoms with Gasteiger partial charge in [-0.25, -0.2) is 8.78 Å². The third kappa shape index (κ3) is 3.15. The number of halogens is 2. The van der Waals surface area contributed by atoms with Gasteiger partial charge in [-0.05, 0) is 37.8 Å². The van der Waals surface area contributed by atoms with Gasteiger partial charge in [0, 0.05) is 13.6 Å². The average molecular weight is 369 g/mol. The van der Waals surface area contributed by atoms with Crippen molar-refractivity contribution >= 4 is 15.7 Å². The van der Waals surface area contributed by atoms with E-state index in [1.54, 1.807) is 12.1 Å². The van der Waals surface area contributed by atoms with Gasteiger partial charge in [0.05, 0.1) is 16.9 Å². The number of anilines is 1. The Morgan fingerprint density at radius 2 is 1.88 bits per heavy atom. The number of hydrogen-bond donors (Lipinski definition) is 0. The van der Waals surface area contributed by atoms with Crippen LogP contribution >= 0.6 is 0 Å². The van der Waals surface area contributed by atoms with Crippen LogP contribution in [0.5, 0.6) is 0 Å². The van der Waals surface area contributed by atoms with Crippen molar-refractivity contribution in [2.75, 3.05) is 10.8 Å². The maximum atomic E-state index is 13.5. The van der Waals surface area contributed by atoms with Gasteiger partial charge in [0.15, 0.2) is 5.03 Å². The Morgan fingerprint density at radius 3 is 2.60 bits per heavy atom. The van der Waals surface area contributed by atoms with Crippen molar-refractivity contribution in [1.82, 2.24) is 9.78 Å². The smallest absolute Gasteiger partial charge is 0.265 e. The molecular weight excluding hydrogens is 348 g/mol. The fraction of sp³-hybridized carbons (Fsp3) is 0.471. The number of fused-ring (bicyclic) bond motifs is 1. The van der Waals surface area contributed by atoms with Gasteiger partial charge < -0.3 is 0 Å². The standard InChI is InChI=1S/C17H21F2N3O2S/c1-12-15(16(18)19)17(21(2)20-12)25(23,24)22-11-7-3-4-8-13-9-5-6-10-14(13)22/h5-6,9-10,16H,3-4,7-8,11H2,1-2H3. The van der Waals surface area contributed by atoms with E-state index in [1.165, 1.54) is 18.3 Å². The average Bonchev–Trinajstić information content (AvgIpc) is 2.83. The first-order valence-electron chi connectivity index (χ1n) is 8.26. The third-order valence-electron chi connectivity index (χ3n) is 4.53. The summed E-state index contributed by atoms with van der Waals surface area (Å²) in [6.07, 6.45) is 0.441. The second kappa shape index (κ2) is 6.74. The van der Waals surface area contributed by atoms with Crippen molar-refractivity contribution in [1.29, 1.82) is 0 Å². The molecule has 25 heavy (non-hydrogen) atoms. The Kier molecular flexibility index (Phi) is 4.81. The van der Waals surface area contributed by atoms with Crippen LogP contribution in [0.4, 0.5) is 14.5 Å². The molecule has 136 valence electrons. The molecule has 0 saturated carbocycles. The molecule has 0 atom stereocenters. The molecule has 0 bridgehead atoms. The summed E-state index contributed by atoms with van der Waals surface area (Å²) < 4.78 is 55.9. The van der Waals surface area contributed by atoms with Gasteiger partial charge >= 0.3 is 0 Å². The summed E-state index contributed by atoms with van der Waals surface area (Å²) in [5.41, 5.74) is 1.02. The number of aryl methyl sites for hydroxylation is 3. The lowest BCUT2D eigenvalue weighted by molar-refractivity contribution is 0.146. The molecule has 1 aliphatic rings. The van der Waals surface area contributed by atoms with Gasteiger partial charge in [0.25, 0.3) is 16.4 Å². The van der Waals surface area contributed by atoms with E-state index in [-0.39, 0.29) is 12.2 Å². The number of benzene rings is 1. The predicted octanol–water partition coefficient (Wildman–Crippen LogP) is 3.59. The first kappa shape index (κ1) is 17.8. The zero-order valence-corrected chi connectivity index (χ0v) is 15.1. The summed E-state index contributed by atoms with van der Waals surface area (Å²) in [6.45, 7) is 1.67. The molecule has 1 aliphatic heterocycles. The molecule has 1 aromatic carbocycles. The SMILES string of the molecule is Cc1nn(C)c(S(=O)(=O)N2CCCCCc3ccccc32)c1C(F)F. The second-order valence-corrected chi connectivity index (χ2v) is 8.02. The maximum absolute atomic E-state index is 13.5. The molecule has 0 saturated heterocycles. The Balaban J connectivity index is 2.19. The van der Waals surface area contributed by atoms with Crippen molar-refractivity contribution in [3.63, 3.8) is 0 Å². The predicted molar refractivity (Wildman–Crippen MR) is 91.4 cm³/mol. The minimum absolute atomic E-state index is 0.0383. The van der Waals surface area contributed by atoms with Crippen LogP contribution in [0.3, 0.4) is 0 Å². The Morgan fingerprint density at radius 1 is 1.16 bits per heavy atom. The summed E-state index contributed by atoms with van der Waals surface area (Å²) in [4.78, 5) is 0.